The van der Waals surface area contributed by atoms with Gasteiger partial charge >= 0.3 is 0 Å². The molecular weight excluding hydrogens is 240 g/mol. The summed E-state index contributed by atoms with van der Waals surface area (Å²) in [7, 11) is 0. The van der Waals surface area contributed by atoms with Gasteiger partial charge in [-0.05, 0) is 5.56 Å². The van der Waals surface area contributed by atoms with Gasteiger partial charge in [-0.3, -0.25) is 4.79 Å². The van der Waals surface area contributed by atoms with Gasteiger partial charge in [-0.2, -0.15) is 5.26 Å². The quantitative estimate of drug-likeness (QED) is 0.871. The van der Waals surface area contributed by atoms with E-state index in [2.05, 4.69) is 4.98 Å². The molecule has 1 aromatic heterocycles. The topological polar surface area (TPSA) is 84.7 Å². The second-order valence-corrected chi connectivity index (χ2v) is 4.07. The van der Waals surface area contributed by atoms with Crippen LogP contribution in [0.2, 0.25) is 0 Å². The van der Waals surface area contributed by atoms with E-state index in [1.165, 1.54) is 6.42 Å². The number of hydrogen-bond donors (Lipinski definition) is 1. The molecule has 95 valence electrons. The van der Waals surface area contributed by atoms with Gasteiger partial charge in [0, 0.05) is 19.2 Å². The Bertz CT molecular complexity index is 610. The van der Waals surface area contributed by atoms with Crippen molar-refractivity contribution < 1.29 is 4.79 Å². The third-order valence-electron chi connectivity index (χ3n) is 2.65. The van der Waals surface area contributed by atoms with Crippen LogP contribution in [0.25, 0.3) is 0 Å². The van der Waals surface area contributed by atoms with Crippen LogP contribution in [0.15, 0.2) is 36.5 Å². The second kappa shape index (κ2) is 5.83. The zero-order valence-electron chi connectivity index (χ0n) is 10.3. The average molecular weight is 253 g/mol. The lowest BCUT2D eigenvalue weighted by atomic mass is 10.2. The molecule has 0 atom stereocenters. The van der Waals surface area contributed by atoms with Crippen molar-refractivity contribution >= 4 is 5.91 Å². The summed E-state index contributed by atoms with van der Waals surface area (Å²) >= 11 is 0. The number of hydrogen-bond acceptors (Lipinski definition) is 3. The first-order valence-electron chi connectivity index (χ1n) is 5.82. The predicted octanol–water partition coefficient (Wildman–Crippen LogP) is 1.30. The first-order chi connectivity index (χ1) is 9.20. The summed E-state index contributed by atoms with van der Waals surface area (Å²) in [6.07, 6.45) is 3.58. The summed E-state index contributed by atoms with van der Waals surface area (Å²) in [5.41, 5.74) is 7.03. The Labute approximate surface area is 111 Å². The van der Waals surface area contributed by atoms with Crippen molar-refractivity contribution in [2.45, 2.75) is 13.0 Å². The smallest absolute Gasteiger partial charge is 0.284 e. The van der Waals surface area contributed by atoms with Gasteiger partial charge in [-0.1, -0.05) is 30.3 Å². The molecule has 19 heavy (non-hydrogen) atoms. The van der Waals surface area contributed by atoms with Gasteiger partial charge in [0.05, 0.1) is 18.2 Å². The molecule has 0 aliphatic heterocycles. The van der Waals surface area contributed by atoms with Gasteiger partial charge in [-0.15, -0.1) is 0 Å². The zero-order chi connectivity index (χ0) is 13.7. The number of rotatable bonds is 5. The van der Waals surface area contributed by atoms with Gasteiger partial charge in [0.15, 0.2) is 5.82 Å². The summed E-state index contributed by atoms with van der Waals surface area (Å²) in [5.74, 6) is -0.357. The van der Waals surface area contributed by atoms with Crippen molar-refractivity contribution in [3.05, 3.63) is 60.0 Å². The summed E-state index contributed by atoms with van der Waals surface area (Å²) < 4.78 is 1.71. The number of carbonyl (C=O) groups excluding carboxylic acids is 1. The van der Waals surface area contributed by atoms with Crippen LogP contribution in [0.5, 0.6) is 0 Å². The molecule has 5 nitrogen and oxygen atoms in total. The monoisotopic (exact) mass is 253 g/mol. The lowest BCUT2D eigenvalue weighted by Crippen LogP contribution is -2.18. The highest BCUT2D eigenvalue weighted by Gasteiger charge is 2.13. The minimum atomic E-state index is -0.570. The maximum atomic E-state index is 11.4. The lowest BCUT2D eigenvalue weighted by Gasteiger charge is -2.04. The molecule has 0 unspecified atom stereocenters. The van der Waals surface area contributed by atoms with E-state index in [-0.39, 0.29) is 5.82 Å². The number of primary amides is 1. The van der Waals surface area contributed by atoms with Crippen LogP contribution in [0.4, 0.5) is 0 Å². The van der Waals surface area contributed by atoms with Gasteiger partial charge in [0.25, 0.3) is 5.91 Å². The predicted molar refractivity (Wildman–Crippen MR) is 69.9 cm³/mol. The highest BCUT2D eigenvalue weighted by atomic mass is 16.1. The minimum Gasteiger partial charge on any atom is -0.363 e. The van der Waals surface area contributed by atoms with Crippen LogP contribution in [0.1, 0.15) is 21.9 Å². The normalized spacial score (nSPS) is 10.1. The van der Waals surface area contributed by atoms with E-state index >= 15 is 0 Å². The molecule has 0 bridgehead atoms. The number of nitriles is 1. The maximum Gasteiger partial charge on any atom is 0.284 e. The van der Waals surface area contributed by atoms with Gasteiger partial charge in [0.2, 0.25) is 0 Å². The fourth-order valence-corrected chi connectivity index (χ4v) is 1.82. The Morgan fingerprint density at radius 3 is 2.79 bits per heavy atom. The van der Waals surface area contributed by atoms with Crippen LogP contribution in [-0.4, -0.2) is 15.5 Å². The molecule has 1 radical (unpaired) electrons. The third-order valence-corrected chi connectivity index (χ3v) is 2.65. The Morgan fingerprint density at radius 2 is 2.16 bits per heavy atom. The van der Waals surface area contributed by atoms with Gasteiger partial charge in [-0.25, -0.2) is 4.98 Å². The third kappa shape index (κ3) is 3.19. The van der Waals surface area contributed by atoms with Crippen molar-refractivity contribution in [1.29, 1.82) is 5.26 Å². The molecule has 1 heterocycles. The average Bonchev–Trinajstić information content (AvgIpc) is 2.81. The van der Waals surface area contributed by atoms with Crippen LogP contribution in [0.3, 0.4) is 0 Å². The molecular formula is C14H13N4O. The molecule has 2 N–H and O–H groups in total. The van der Waals surface area contributed by atoms with E-state index in [1.54, 1.807) is 10.8 Å². The van der Waals surface area contributed by atoms with E-state index in [9.17, 15) is 4.79 Å². The first-order valence-corrected chi connectivity index (χ1v) is 5.82. The van der Waals surface area contributed by atoms with Gasteiger partial charge in [0.1, 0.15) is 0 Å². The Morgan fingerprint density at radius 1 is 1.42 bits per heavy atom. The van der Waals surface area contributed by atoms with Crippen LogP contribution < -0.4 is 5.73 Å². The molecule has 0 aliphatic rings. The maximum absolute atomic E-state index is 11.4. The van der Waals surface area contributed by atoms with Crippen molar-refractivity contribution in [1.82, 2.24) is 9.55 Å². The number of amides is 1. The Hall–Kier alpha value is -2.61. The molecule has 2 aromatic rings. The van der Waals surface area contributed by atoms with E-state index < -0.39 is 5.91 Å². The highest BCUT2D eigenvalue weighted by molar-refractivity contribution is 5.89. The summed E-state index contributed by atoms with van der Waals surface area (Å²) in [6.45, 7) is 0.526. The first kappa shape index (κ1) is 12.8. The number of carbonyl (C=O) groups is 1. The number of nitrogens with two attached hydrogens (primary N) is 1. The van der Waals surface area contributed by atoms with Crippen molar-refractivity contribution in [3.8, 4) is 6.07 Å². The molecule has 2 rings (SSSR count). The number of aromatic nitrogens is 2. The number of nitrogens with zero attached hydrogens (tertiary/aromatic N) is 3. The summed E-state index contributed by atoms with van der Waals surface area (Å²) in [4.78, 5) is 15.5. The van der Waals surface area contributed by atoms with E-state index in [4.69, 9.17) is 11.0 Å². The lowest BCUT2D eigenvalue weighted by molar-refractivity contribution is 0.0986. The fraction of sp³-hybridized carbons (Fsp3) is 0.143. The standard InChI is InChI=1S/C14H13N4O/c15-8-4-7-12-10-18(14(17-12)13(16)19)9-11-5-2-1-3-6-11/h1-6,10H,7,9H2,(H2,16,19). The van der Waals surface area contributed by atoms with E-state index in [0.29, 0.717) is 18.7 Å². The minimum absolute atomic E-state index is 0.213. The van der Waals surface area contributed by atoms with Crippen molar-refractivity contribution in [2.24, 2.45) is 5.73 Å². The highest BCUT2D eigenvalue weighted by Crippen LogP contribution is 2.09. The summed E-state index contributed by atoms with van der Waals surface area (Å²) in [6, 6.07) is 11.7. The zero-order valence-corrected chi connectivity index (χ0v) is 10.3. The number of benzene rings is 1. The number of imidazole rings is 1. The molecule has 0 aliphatic carbocycles. The molecule has 5 heteroatoms. The van der Waals surface area contributed by atoms with E-state index in [1.807, 2.05) is 36.4 Å². The molecule has 0 spiro atoms. The molecule has 0 saturated heterocycles. The van der Waals surface area contributed by atoms with Crippen LogP contribution in [0, 0.1) is 17.8 Å². The van der Waals surface area contributed by atoms with Crippen molar-refractivity contribution in [2.75, 3.05) is 0 Å². The molecule has 0 fully saturated rings. The second-order valence-electron chi connectivity index (χ2n) is 4.07. The largest absolute Gasteiger partial charge is 0.363 e. The molecule has 1 aromatic carbocycles. The van der Waals surface area contributed by atoms with Crippen LogP contribution in [-0.2, 0) is 13.0 Å². The summed E-state index contributed by atoms with van der Waals surface area (Å²) in [5, 5.41) is 8.52. The SMILES string of the molecule is N#C[CH]Cc1cn(Cc2ccccc2)c(C(N)=O)n1. The van der Waals surface area contributed by atoms with E-state index in [0.717, 1.165) is 5.56 Å². The van der Waals surface area contributed by atoms with Crippen molar-refractivity contribution in [3.63, 3.8) is 0 Å². The fourth-order valence-electron chi connectivity index (χ4n) is 1.82. The van der Waals surface area contributed by atoms with Gasteiger partial charge < -0.3 is 10.3 Å². The van der Waals surface area contributed by atoms with Crippen LogP contribution >= 0.6 is 0 Å². The Kier molecular flexibility index (Phi) is 3.94. The Balaban J connectivity index is 2.25. The molecule has 1 amide bonds. The molecule has 0 saturated carbocycles.